The van der Waals surface area contributed by atoms with Crippen molar-refractivity contribution in [1.82, 2.24) is 19.8 Å². The van der Waals surface area contributed by atoms with Gasteiger partial charge in [-0.2, -0.15) is 9.61 Å². The topological polar surface area (TPSA) is 72.6 Å². The van der Waals surface area contributed by atoms with E-state index in [0.29, 0.717) is 18.8 Å². The maximum atomic E-state index is 13.0. The Bertz CT molecular complexity index is 1370. The largest absolute Gasteiger partial charge is 0.383 e. The number of aryl methyl sites for hydroxylation is 2. The third-order valence-corrected chi connectivity index (χ3v) is 8.18. The van der Waals surface area contributed by atoms with Crippen LogP contribution in [-0.2, 0) is 28.8 Å². The highest BCUT2D eigenvalue weighted by Crippen LogP contribution is 2.31. The number of carbonyl (C=O) groups is 1. The van der Waals surface area contributed by atoms with Gasteiger partial charge in [0.15, 0.2) is 11.5 Å². The molecule has 0 atom stereocenters. The van der Waals surface area contributed by atoms with E-state index in [1.165, 1.54) is 22.3 Å². The van der Waals surface area contributed by atoms with Crippen LogP contribution in [0.5, 0.6) is 0 Å². The van der Waals surface area contributed by atoms with Crippen LogP contribution in [0.1, 0.15) is 81.9 Å². The lowest BCUT2D eigenvalue weighted by atomic mass is 9.89. The van der Waals surface area contributed by atoms with E-state index in [0.717, 1.165) is 87.2 Å². The highest BCUT2D eigenvalue weighted by Gasteiger charge is 2.24. The van der Waals surface area contributed by atoms with Gasteiger partial charge in [0.25, 0.3) is 0 Å². The third kappa shape index (κ3) is 5.83. The molecule has 0 saturated carbocycles. The van der Waals surface area contributed by atoms with Crippen molar-refractivity contribution in [2.45, 2.75) is 71.6 Å². The molecule has 1 aliphatic heterocycles. The second-order valence-electron chi connectivity index (χ2n) is 10.8. The molecule has 7 nitrogen and oxygen atoms in total. The highest BCUT2D eigenvalue weighted by molar-refractivity contribution is 5.82. The van der Waals surface area contributed by atoms with Gasteiger partial charge >= 0.3 is 0 Å². The van der Waals surface area contributed by atoms with Gasteiger partial charge in [-0.3, -0.25) is 4.79 Å². The molecule has 0 bridgehead atoms. The summed E-state index contributed by atoms with van der Waals surface area (Å²) in [5.41, 5.74) is 7.99. The number of methoxy groups -OCH3 is 1. The number of benzene rings is 1. The van der Waals surface area contributed by atoms with E-state index < -0.39 is 0 Å². The van der Waals surface area contributed by atoms with Gasteiger partial charge in [-0.1, -0.05) is 63.1 Å². The van der Waals surface area contributed by atoms with Crippen LogP contribution in [0.4, 0.5) is 5.69 Å². The van der Waals surface area contributed by atoms with Crippen molar-refractivity contribution < 1.29 is 11.0 Å². The summed E-state index contributed by atoms with van der Waals surface area (Å²) in [6.45, 7) is 6.88. The summed E-state index contributed by atoms with van der Waals surface area (Å²) < 4.78 is 7.20. The Hall–Kier alpha value is -3.32. The Morgan fingerprint density at radius 1 is 1.13 bits per heavy atom. The first-order valence-electron chi connectivity index (χ1n) is 14.6. The molecule has 0 unspecified atom stereocenters. The first-order valence-corrected chi connectivity index (χ1v) is 14.6. The number of anilines is 1. The fourth-order valence-electron chi connectivity index (χ4n) is 6.12. The van der Waals surface area contributed by atoms with Crippen molar-refractivity contribution in [2.24, 2.45) is 5.92 Å². The van der Waals surface area contributed by atoms with Crippen LogP contribution in [0.15, 0.2) is 36.5 Å². The zero-order valence-electron chi connectivity index (χ0n) is 23.7. The first kappa shape index (κ1) is 27.3. The average molecular weight is 530 g/mol. The van der Waals surface area contributed by atoms with Crippen molar-refractivity contribution in [3.05, 3.63) is 64.6 Å². The summed E-state index contributed by atoms with van der Waals surface area (Å²) >= 11 is 0. The fraction of sp³-hybridized carbons (Fsp3) is 0.500. The van der Waals surface area contributed by atoms with Crippen molar-refractivity contribution in [3.63, 3.8) is 0 Å². The summed E-state index contributed by atoms with van der Waals surface area (Å²) in [5.74, 6) is 1.40. The van der Waals surface area contributed by atoms with Gasteiger partial charge in [0, 0.05) is 45.1 Å². The van der Waals surface area contributed by atoms with Crippen molar-refractivity contribution in [2.75, 3.05) is 31.7 Å². The third-order valence-electron chi connectivity index (χ3n) is 8.18. The Morgan fingerprint density at radius 3 is 2.77 bits per heavy atom. The van der Waals surface area contributed by atoms with Crippen LogP contribution >= 0.6 is 0 Å². The lowest BCUT2D eigenvalue weighted by Gasteiger charge is -2.30. The molecular formula is C32H43N5O2. The van der Waals surface area contributed by atoms with Gasteiger partial charge in [0.05, 0.1) is 18.5 Å². The van der Waals surface area contributed by atoms with Gasteiger partial charge in [0.1, 0.15) is 5.78 Å². The molecule has 0 amide bonds. The molecule has 208 valence electrons. The van der Waals surface area contributed by atoms with E-state index in [4.69, 9.17) is 9.84 Å². The quantitative estimate of drug-likeness (QED) is 0.281. The minimum absolute atomic E-state index is 0. The van der Waals surface area contributed by atoms with E-state index >= 15 is 0 Å². The Morgan fingerprint density at radius 2 is 1.97 bits per heavy atom. The Balaban J connectivity index is 0.00000370. The van der Waals surface area contributed by atoms with Crippen LogP contribution in [0.2, 0.25) is 0 Å². The molecule has 0 N–H and O–H groups in total. The molecule has 5 rings (SSSR count). The fourth-order valence-corrected chi connectivity index (χ4v) is 6.12. The number of allylic oxidation sites excluding steroid dienone is 3. The zero-order valence-corrected chi connectivity index (χ0v) is 23.7. The molecule has 3 heterocycles. The molecule has 1 aromatic carbocycles. The summed E-state index contributed by atoms with van der Waals surface area (Å²) in [4.78, 5) is 15.3. The molecule has 1 aliphatic carbocycles. The van der Waals surface area contributed by atoms with Gasteiger partial charge in [-0.25, -0.2) is 0 Å². The predicted molar refractivity (Wildman–Crippen MR) is 159 cm³/mol. The molecule has 0 radical (unpaired) electrons. The highest BCUT2D eigenvalue weighted by atomic mass is 16.5. The molecule has 2 aliphatic rings. The number of Topliss-reactive ketones (excluding diaryl/α,β-unsaturated/α-hetero) is 1. The molecule has 0 saturated heterocycles. The van der Waals surface area contributed by atoms with E-state index in [1.54, 1.807) is 7.11 Å². The smallest absolute Gasteiger partial charge is 0.185 e. The van der Waals surface area contributed by atoms with Gasteiger partial charge < -0.3 is 9.64 Å². The van der Waals surface area contributed by atoms with Crippen molar-refractivity contribution >= 4 is 28.8 Å². The van der Waals surface area contributed by atoms with Crippen LogP contribution < -0.4 is 4.90 Å². The number of nitrogens with zero attached hydrogens (tertiary/aromatic N) is 5. The van der Waals surface area contributed by atoms with Gasteiger partial charge in [0.2, 0.25) is 0 Å². The molecule has 7 heteroatoms. The van der Waals surface area contributed by atoms with E-state index in [-0.39, 0.29) is 7.34 Å². The second kappa shape index (κ2) is 12.7. The molecule has 3 aromatic rings. The van der Waals surface area contributed by atoms with Crippen LogP contribution in [0.25, 0.3) is 17.3 Å². The van der Waals surface area contributed by atoms with Crippen molar-refractivity contribution in [1.29, 1.82) is 0 Å². The number of ether oxygens (including phenoxy) is 1. The molecule has 0 fully saturated rings. The number of carbonyl (C=O) groups excluding carboxylic acids is 1. The SMILES string of the molecule is CCCC(CCC)C(=O)CCc1cccc2c1CC=C(c1nnc3c4c(cnn13)N(CCOC)CCC4)C=C2.[HH]. The number of fused-ring (bicyclic) bond motifs is 4. The molecular weight excluding hydrogens is 486 g/mol. The monoisotopic (exact) mass is 529 g/mol. The summed E-state index contributed by atoms with van der Waals surface area (Å²) in [6, 6.07) is 6.46. The number of rotatable bonds is 12. The Kier molecular flexibility index (Phi) is 8.87. The minimum atomic E-state index is 0. The average Bonchev–Trinajstić information content (AvgIpc) is 3.28. The summed E-state index contributed by atoms with van der Waals surface area (Å²) in [7, 11) is 1.74. The second-order valence-corrected chi connectivity index (χ2v) is 10.8. The molecule has 2 aromatic heterocycles. The maximum Gasteiger partial charge on any atom is 0.185 e. The molecule has 39 heavy (non-hydrogen) atoms. The van der Waals surface area contributed by atoms with Crippen LogP contribution in [0, 0.1) is 5.92 Å². The van der Waals surface area contributed by atoms with Gasteiger partial charge in [-0.05, 0) is 55.2 Å². The number of aromatic nitrogens is 4. The van der Waals surface area contributed by atoms with E-state index in [1.807, 2.05) is 10.7 Å². The predicted octanol–water partition coefficient (Wildman–Crippen LogP) is 6.14. The number of hydrogen-bond donors (Lipinski definition) is 0. The summed E-state index contributed by atoms with van der Waals surface area (Å²) in [5, 5.41) is 14.0. The minimum Gasteiger partial charge on any atom is -0.383 e. The van der Waals surface area contributed by atoms with E-state index in [9.17, 15) is 4.79 Å². The van der Waals surface area contributed by atoms with Crippen LogP contribution in [0.3, 0.4) is 0 Å². The normalized spacial score (nSPS) is 14.9. The molecule has 0 spiro atoms. The Labute approximate surface area is 233 Å². The lowest BCUT2D eigenvalue weighted by molar-refractivity contribution is -0.123. The first-order chi connectivity index (χ1) is 19.1. The maximum absolute atomic E-state index is 13.0. The van der Waals surface area contributed by atoms with Crippen molar-refractivity contribution in [3.8, 4) is 0 Å². The summed E-state index contributed by atoms with van der Waals surface area (Å²) in [6.07, 6.45) is 16.9. The standard InChI is InChI=1S/C32H41N5O2.H2/c1-4-8-25(9-5-2)30(38)18-16-24-11-6-10-23-13-14-26(15-17-27(23)24)31-34-35-32-28-12-7-19-36(20-21-39-3)29(28)22-33-37(31)32;/h6,10-11,13-15,22,25H,4-5,7-9,12,16-21H2,1-3H3;1H. The zero-order chi connectivity index (χ0) is 27.2. The lowest BCUT2D eigenvalue weighted by Crippen LogP contribution is -2.33. The van der Waals surface area contributed by atoms with Crippen LogP contribution in [-0.4, -0.2) is 52.4 Å². The van der Waals surface area contributed by atoms with Gasteiger partial charge in [-0.15, -0.1) is 10.2 Å². The number of ketones is 1. The van der Waals surface area contributed by atoms with E-state index in [2.05, 4.69) is 65.4 Å². The number of hydrogen-bond acceptors (Lipinski definition) is 6.